The number of hydrogen-bond acceptors (Lipinski definition) is 3. The van der Waals surface area contributed by atoms with Crippen LogP contribution in [0.2, 0.25) is 5.02 Å². The highest BCUT2D eigenvalue weighted by molar-refractivity contribution is 6.31. The van der Waals surface area contributed by atoms with Gasteiger partial charge in [-0.25, -0.2) is 17.6 Å². The first-order valence-electron chi connectivity index (χ1n) is 11.7. The third-order valence-electron chi connectivity index (χ3n) is 6.34. The van der Waals surface area contributed by atoms with Crippen LogP contribution in [0.4, 0.5) is 36.4 Å². The van der Waals surface area contributed by atoms with Crippen molar-refractivity contribution in [3.63, 3.8) is 0 Å². The molecule has 1 aliphatic rings. The highest BCUT2D eigenvalue weighted by Crippen LogP contribution is 2.42. The quantitative estimate of drug-likeness (QED) is 0.233. The summed E-state index contributed by atoms with van der Waals surface area (Å²) in [5, 5.41) is 5.12. The number of fused-ring (bicyclic) bond motifs is 1. The van der Waals surface area contributed by atoms with E-state index in [4.69, 9.17) is 11.6 Å². The minimum atomic E-state index is -4.94. The number of nitrogens with zero attached hydrogens (tertiary/aromatic N) is 1. The maximum Gasteiger partial charge on any atom is 0.416 e. The number of amides is 2. The fourth-order valence-electron chi connectivity index (χ4n) is 4.46. The van der Waals surface area contributed by atoms with Gasteiger partial charge >= 0.3 is 6.18 Å². The van der Waals surface area contributed by atoms with Crippen LogP contribution in [0.5, 0.6) is 0 Å². The molecular formula is C28H15ClF7N3O2. The molecule has 5 nitrogen and oxygen atoms in total. The Hall–Kier alpha value is -4.45. The van der Waals surface area contributed by atoms with Gasteiger partial charge in [0, 0.05) is 44.7 Å². The van der Waals surface area contributed by atoms with E-state index < -0.39 is 58.9 Å². The van der Waals surface area contributed by atoms with Gasteiger partial charge < -0.3 is 10.6 Å². The van der Waals surface area contributed by atoms with Gasteiger partial charge in [-0.2, -0.15) is 13.2 Å². The van der Waals surface area contributed by atoms with E-state index in [1.54, 1.807) is 0 Å². The summed E-state index contributed by atoms with van der Waals surface area (Å²) >= 11 is 6.27. The third kappa shape index (κ3) is 5.60. The van der Waals surface area contributed by atoms with Crippen molar-refractivity contribution in [1.29, 1.82) is 0 Å². The van der Waals surface area contributed by atoms with Crippen LogP contribution in [-0.2, 0) is 6.18 Å². The maximum absolute atomic E-state index is 14.1. The molecule has 0 saturated heterocycles. The summed E-state index contributed by atoms with van der Waals surface area (Å²) in [6.45, 7) is 0. The van der Waals surface area contributed by atoms with Crippen molar-refractivity contribution in [2.45, 2.75) is 18.6 Å². The Balaban J connectivity index is 1.65. The number of anilines is 1. The normalized spacial score (nSPS) is 14.7. The molecule has 0 spiro atoms. The third-order valence-corrected chi connectivity index (χ3v) is 6.68. The number of nitrogens with one attached hydrogen (secondary N) is 2. The number of alkyl halides is 5. The Morgan fingerprint density at radius 1 is 0.951 bits per heavy atom. The number of aromatic nitrogens is 1. The Bertz CT molecular complexity index is 1690. The van der Waals surface area contributed by atoms with E-state index in [-0.39, 0.29) is 44.6 Å². The predicted molar refractivity (Wildman–Crippen MR) is 135 cm³/mol. The number of pyridine rings is 1. The van der Waals surface area contributed by atoms with E-state index in [0.717, 1.165) is 24.4 Å². The van der Waals surface area contributed by atoms with Crippen molar-refractivity contribution in [2.75, 3.05) is 5.32 Å². The average molecular weight is 594 g/mol. The van der Waals surface area contributed by atoms with Gasteiger partial charge in [0.05, 0.1) is 11.6 Å². The number of carbonyl (C=O) groups excluding carboxylic acids is 2. The summed E-state index contributed by atoms with van der Waals surface area (Å²) in [5.41, 5.74) is -1.99. The second-order valence-corrected chi connectivity index (χ2v) is 9.42. The molecule has 1 aliphatic heterocycles. The molecule has 4 aromatic rings. The van der Waals surface area contributed by atoms with Crippen molar-refractivity contribution in [1.82, 2.24) is 10.3 Å². The van der Waals surface area contributed by atoms with E-state index in [0.29, 0.717) is 12.1 Å². The van der Waals surface area contributed by atoms with Crippen LogP contribution in [0.1, 0.15) is 55.6 Å². The van der Waals surface area contributed by atoms with Crippen LogP contribution in [0, 0.1) is 11.6 Å². The molecule has 2 N–H and O–H groups in total. The van der Waals surface area contributed by atoms with Crippen LogP contribution in [0.15, 0.2) is 66.9 Å². The molecule has 1 atom stereocenters. The molecular weight excluding hydrogens is 579 g/mol. The Labute approximate surface area is 232 Å². The first-order valence-corrected chi connectivity index (χ1v) is 12.1. The van der Waals surface area contributed by atoms with Gasteiger partial charge in [0.2, 0.25) is 0 Å². The lowest BCUT2D eigenvalue weighted by Crippen LogP contribution is -2.21. The summed E-state index contributed by atoms with van der Waals surface area (Å²) in [6.07, 6.45) is -6.66. The van der Waals surface area contributed by atoms with Crippen molar-refractivity contribution < 1.29 is 40.3 Å². The summed E-state index contributed by atoms with van der Waals surface area (Å²) in [5.74, 6) is -3.80. The lowest BCUT2D eigenvalue weighted by atomic mass is 9.93. The topological polar surface area (TPSA) is 71.1 Å². The Kier molecular flexibility index (Phi) is 7.20. The molecule has 1 aromatic heterocycles. The molecule has 0 unspecified atom stereocenters. The zero-order valence-corrected chi connectivity index (χ0v) is 21.0. The summed E-state index contributed by atoms with van der Waals surface area (Å²) < 4.78 is 93.9. The highest BCUT2D eigenvalue weighted by Gasteiger charge is 2.36. The number of halogens is 8. The second kappa shape index (κ2) is 10.5. The fourth-order valence-corrected chi connectivity index (χ4v) is 4.68. The average Bonchev–Trinajstić information content (AvgIpc) is 3.25. The second-order valence-electron chi connectivity index (χ2n) is 9.01. The lowest BCUT2D eigenvalue weighted by molar-refractivity contribution is -0.137. The molecule has 2 heterocycles. The molecule has 0 radical (unpaired) electrons. The van der Waals surface area contributed by atoms with Crippen LogP contribution in [0.3, 0.4) is 0 Å². The van der Waals surface area contributed by atoms with Crippen molar-refractivity contribution in [2.24, 2.45) is 0 Å². The molecule has 0 saturated carbocycles. The van der Waals surface area contributed by atoms with Gasteiger partial charge in [-0.1, -0.05) is 17.7 Å². The monoisotopic (exact) mass is 593 g/mol. The van der Waals surface area contributed by atoms with Crippen molar-refractivity contribution >= 4 is 29.1 Å². The number of carbonyl (C=O) groups is 2. The first-order chi connectivity index (χ1) is 19.3. The van der Waals surface area contributed by atoms with E-state index in [1.165, 1.54) is 24.3 Å². The van der Waals surface area contributed by atoms with E-state index in [2.05, 4.69) is 15.6 Å². The van der Waals surface area contributed by atoms with Crippen LogP contribution < -0.4 is 10.6 Å². The van der Waals surface area contributed by atoms with E-state index in [9.17, 15) is 40.3 Å². The number of hydrogen-bond donors (Lipinski definition) is 2. The van der Waals surface area contributed by atoms with Crippen molar-refractivity contribution in [3.8, 4) is 11.1 Å². The molecule has 0 bridgehead atoms. The standard InChI is InChI=1S/C28H15ClF7N3O2/c29-20-3-2-16(30)10-18(20)24-23-19(27(41)39-24)7-13(12-1-4-21(25(32)33)37-11-12)8-22(23)38-26(40)14-5-15(28(34,35)36)9-17(31)6-14/h1-11,24-25H,(H,38,40)(H,39,41)/t24-/m1/s1. The SMILES string of the molecule is O=C(Nc1cc(-c2ccc(C(F)F)nc2)cc2c1[C@@H](c1cc(F)ccc1Cl)NC2=O)c1cc(F)cc(C(F)(F)F)c1. The summed E-state index contributed by atoms with van der Waals surface area (Å²) in [4.78, 5) is 29.8. The number of rotatable bonds is 5. The molecule has 13 heteroatoms. The van der Waals surface area contributed by atoms with E-state index in [1.807, 2.05) is 0 Å². The van der Waals surface area contributed by atoms with E-state index >= 15 is 0 Å². The predicted octanol–water partition coefficient (Wildman–Crippen LogP) is 7.72. The fraction of sp³-hybridized carbons (Fsp3) is 0.107. The Morgan fingerprint density at radius 3 is 2.37 bits per heavy atom. The Morgan fingerprint density at radius 2 is 1.71 bits per heavy atom. The molecule has 2 amide bonds. The minimum absolute atomic E-state index is 0.0173. The molecule has 0 aliphatic carbocycles. The smallest absolute Gasteiger partial charge is 0.341 e. The lowest BCUT2D eigenvalue weighted by Gasteiger charge is -2.19. The maximum atomic E-state index is 14.1. The largest absolute Gasteiger partial charge is 0.416 e. The van der Waals surface area contributed by atoms with Gasteiger partial charge in [-0.3, -0.25) is 14.6 Å². The van der Waals surface area contributed by atoms with Gasteiger partial charge in [0.1, 0.15) is 17.3 Å². The van der Waals surface area contributed by atoms with Gasteiger partial charge in [0.25, 0.3) is 18.2 Å². The zero-order valence-electron chi connectivity index (χ0n) is 20.3. The van der Waals surface area contributed by atoms with Gasteiger partial charge in [0.15, 0.2) is 0 Å². The van der Waals surface area contributed by atoms with Crippen LogP contribution >= 0.6 is 11.6 Å². The number of benzene rings is 3. The van der Waals surface area contributed by atoms with Gasteiger partial charge in [-0.05, 0) is 60.2 Å². The molecule has 41 heavy (non-hydrogen) atoms. The first kappa shape index (κ1) is 28.1. The molecule has 0 fully saturated rings. The zero-order chi connectivity index (χ0) is 29.6. The van der Waals surface area contributed by atoms with Crippen LogP contribution in [-0.4, -0.2) is 16.8 Å². The van der Waals surface area contributed by atoms with Crippen LogP contribution in [0.25, 0.3) is 11.1 Å². The molecule has 3 aromatic carbocycles. The highest BCUT2D eigenvalue weighted by atomic mass is 35.5. The summed E-state index contributed by atoms with van der Waals surface area (Å²) in [6, 6.07) is 8.69. The van der Waals surface area contributed by atoms with Crippen molar-refractivity contribution in [3.05, 3.63) is 117 Å². The molecule has 210 valence electrons. The minimum Gasteiger partial charge on any atom is -0.341 e. The molecule has 5 rings (SSSR count). The van der Waals surface area contributed by atoms with Gasteiger partial charge in [-0.15, -0.1) is 0 Å². The summed E-state index contributed by atoms with van der Waals surface area (Å²) in [7, 11) is 0.